The summed E-state index contributed by atoms with van der Waals surface area (Å²) < 4.78 is 25.8. The highest BCUT2D eigenvalue weighted by atomic mass is 19.3. The fourth-order valence-electron chi connectivity index (χ4n) is 1.43. The van der Waals surface area contributed by atoms with Crippen molar-refractivity contribution < 1.29 is 8.78 Å². The van der Waals surface area contributed by atoms with Crippen molar-refractivity contribution in [3.8, 4) is 0 Å². The second-order valence-electron chi connectivity index (χ2n) is 3.89. The van der Waals surface area contributed by atoms with Gasteiger partial charge in [-0.05, 0) is 11.8 Å². The molecule has 0 amide bonds. The predicted molar refractivity (Wildman–Crippen MR) is 49.5 cm³/mol. The first-order chi connectivity index (χ1) is 6.45. The van der Waals surface area contributed by atoms with Crippen LogP contribution in [0, 0.1) is 0 Å². The van der Waals surface area contributed by atoms with Crippen LogP contribution in [0.1, 0.15) is 57.5 Å². The van der Waals surface area contributed by atoms with Crippen molar-refractivity contribution in [3.63, 3.8) is 0 Å². The first-order valence-corrected chi connectivity index (χ1v) is 4.68. The molecule has 0 aromatic carbocycles. The Bertz CT molecular complexity index is 280. The highest BCUT2D eigenvalue weighted by molar-refractivity contribution is 5.17. The van der Waals surface area contributed by atoms with Crippen molar-refractivity contribution in [1.29, 1.82) is 0 Å². The Labute approximate surface area is 82.1 Å². The standard InChI is InChI=1S/C9H15F2N3/c1-5(2)7-8(6(3)4)14(9(10)11)13-12-7/h5-6,9H,1-4H3. The van der Waals surface area contributed by atoms with Gasteiger partial charge in [-0.15, -0.1) is 5.10 Å². The highest BCUT2D eigenvalue weighted by Gasteiger charge is 2.22. The molecule has 0 unspecified atom stereocenters. The summed E-state index contributed by atoms with van der Waals surface area (Å²) in [6.45, 7) is 4.97. The van der Waals surface area contributed by atoms with E-state index in [1.54, 1.807) is 0 Å². The van der Waals surface area contributed by atoms with Gasteiger partial charge in [0.1, 0.15) is 0 Å². The SMILES string of the molecule is CC(C)c1nnn(C(F)F)c1C(C)C. The Morgan fingerprint density at radius 2 is 1.64 bits per heavy atom. The summed E-state index contributed by atoms with van der Waals surface area (Å²) in [4.78, 5) is 0. The predicted octanol–water partition coefficient (Wildman–Crippen LogP) is 2.92. The summed E-state index contributed by atoms with van der Waals surface area (Å²) in [6, 6.07) is 0. The third-order valence-corrected chi connectivity index (χ3v) is 2.04. The van der Waals surface area contributed by atoms with Crippen LogP contribution in [0.3, 0.4) is 0 Å². The molecule has 3 nitrogen and oxygen atoms in total. The zero-order chi connectivity index (χ0) is 10.9. The molecule has 1 aromatic heterocycles. The van der Waals surface area contributed by atoms with E-state index in [2.05, 4.69) is 10.3 Å². The third kappa shape index (κ3) is 1.91. The minimum atomic E-state index is -2.60. The highest BCUT2D eigenvalue weighted by Crippen LogP contribution is 2.26. The van der Waals surface area contributed by atoms with Gasteiger partial charge in [-0.3, -0.25) is 0 Å². The van der Waals surface area contributed by atoms with E-state index in [9.17, 15) is 8.78 Å². The lowest BCUT2D eigenvalue weighted by atomic mass is 10.0. The van der Waals surface area contributed by atoms with Gasteiger partial charge in [-0.25, -0.2) is 0 Å². The fraction of sp³-hybridized carbons (Fsp3) is 0.778. The van der Waals surface area contributed by atoms with Crippen molar-refractivity contribution in [3.05, 3.63) is 11.4 Å². The van der Waals surface area contributed by atoms with Crippen LogP contribution in [0.2, 0.25) is 0 Å². The zero-order valence-corrected chi connectivity index (χ0v) is 8.83. The monoisotopic (exact) mass is 203 g/mol. The van der Waals surface area contributed by atoms with Gasteiger partial charge in [0.2, 0.25) is 0 Å². The van der Waals surface area contributed by atoms with E-state index < -0.39 is 6.55 Å². The third-order valence-electron chi connectivity index (χ3n) is 2.04. The van der Waals surface area contributed by atoms with Crippen LogP contribution in [-0.2, 0) is 0 Å². The Kier molecular flexibility index (Phi) is 3.18. The molecule has 1 rings (SSSR count). The summed E-state index contributed by atoms with van der Waals surface area (Å²) in [5, 5.41) is 7.27. The summed E-state index contributed by atoms with van der Waals surface area (Å²) in [7, 11) is 0. The molecule has 0 saturated heterocycles. The van der Waals surface area contributed by atoms with Gasteiger partial charge in [0.15, 0.2) is 0 Å². The molecule has 0 aliphatic heterocycles. The van der Waals surface area contributed by atoms with Gasteiger partial charge >= 0.3 is 6.55 Å². The summed E-state index contributed by atoms with van der Waals surface area (Å²) in [6.07, 6.45) is 0. The normalized spacial score (nSPS) is 12.1. The molecule has 5 heteroatoms. The van der Waals surface area contributed by atoms with Crippen LogP contribution in [0.4, 0.5) is 8.78 Å². The molecular weight excluding hydrogens is 188 g/mol. The second-order valence-corrected chi connectivity index (χ2v) is 3.89. The molecule has 0 saturated carbocycles. The molecular formula is C9H15F2N3. The van der Waals surface area contributed by atoms with Crippen LogP contribution >= 0.6 is 0 Å². The van der Waals surface area contributed by atoms with Crippen molar-refractivity contribution in [2.75, 3.05) is 0 Å². The molecule has 0 bridgehead atoms. The molecule has 0 aliphatic rings. The summed E-state index contributed by atoms with van der Waals surface area (Å²) in [5.41, 5.74) is 1.20. The van der Waals surface area contributed by atoms with Crippen LogP contribution in [0.5, 0.6) is 0 Å². The van der Waals surface area contributed by atoms with Gasteiger partial charge in [0.25, 0.3) is 0 Å². The Morgan fingerprint density at radius 3 is 2.00 bits per heavy atom. The van der Waals surface area contributed by atoms with Gasteiger partial charge < -0.3 is 0 Å². The number of hydrogen-bond donors (Lipinski definition) is 0. The van der Waals surface area contributed by atoms with Crippen molar-refractivity contribution in [2.45, 2.75) is 46.1 Å². The van der Waals surface area contributed by atoms with E-state index >= 15 is 0 Å². The average Bonchev–Trinajstić information content (AvgIpc) is 2.46. The number of nitrogens with zero attached hydrogens (tertiary/aromatic N) is 3. The van der Waals surface area contributed by atoms with E-state index in [-0.39, 0.29) is 11.8 Å². The molecule has 0 spiro atoms. The first-order valence-electron chi connectivity index (χ1n) is 4.68. The lowest BCUT2D eigenvalue weighted by Gasteiger charge is -2.11. The van der Waals surface area contributed by atoms with E-state index in [4.69, 9.17) is 0 Å². The van der Waals surface area contributed by atoms with Crippen LogP contribution in [-0.4, -0.2) is 15.0 Å². The Balaban J connectivity index is 3.20. The van der Waals surface area contributed by atoms with Gasteiger partial charge in [0, 0.05) is 0 Å². The van der Waals surface area contributed by atoms with Gasteiger partial charge in [-0.2, -0.15) is 13.5 Å². The smallest absolute Gasteiger partial charge is 0.187 e. The number of halogens is 2. The largest absolute Gasteiger partial charge is 0.334 e. The van der Waals surface area contributed by atoms with Crippen LogP contribution in [0.25, 0.3) is 0 Å². The van der Waals surface area contributed by atoms with E-state index in [0.717, 1.165) is 0 Å². The maximum atomic E-state index is 12.5. The first kappa shape index (κ1) is 11.1. The molecule has 0 aliphatic carbocycles. The molecule has 0 radical (unpaired) electrons. The number of aromatic nitrogens is 3. The minimum Gasteiger partial charge on any atom is -0.187 e. The van der Waals surface area contributed by atoms with Crippen LogP contribution < -0.4 is 0 Å². The molecule has 80 valence electrons. The Morgan fingerprint density at radius 1 is 1.07 bits per heavy atom. The maximum absolute atomic E-state index is 12.5. The topological polar surface area (TPSA) is 30.7 Å². The van der Waals surface area contributed by atoms with E-state index in [1.807, 2.05) is 27.7 Å². The van der Waals surface area contributed by atoms with Crippen molar-refractivity contribution >= 4 is 0 Å². The van der Waals surface area contributed by atoms with Crippen LogP contribution in [0.15, 0.2) is 0 Å². The fourth-order valence-corrected chi connectivity index (χ4v) is 1.43. The number of alkyl halides is 2. The minimum absolute atomic E-state index is 0.0106. The molecule has 1 aromatic rings. The molecule has 14 heavy (non-hydrogen) atoms. The average molecular weight is 203 g/mol. The van der Waals surface area contributed by atoms with Gasteiger partial charge in [0.05, 0.1) is 11.4 Å². The quantitative estimate of drug-likeness (QED) is 0.756. The van der Waals surface area contributed by atoms with Crippen molar-refractivity contribution in [2.24, 2.45) is 0 Å². The summed E-state index contributed by atoms with van der Waals surface area (Å²) in [5.74, 6) is 0.135. The number of hydrogen-bond acceptors (Lipinski definition) is 2. The molecule has 0 fully saturated rings. The Hall–Kier alpha value is -1.00. The maximum Gasteiger partial charge on any atom is 0.334 e. The number of rotatable bonds is 3. The second kappa shape index (κ2) is 4.02. The molecule has 0 N–H and O–H groups in total. The van der Waals surface area contributed by atoms with Gasteiger partial charge in [-0.1, -0.05) is 32.9 Å². The molecule has 0 atom stereocenters. The zero-order valence-electron chi connectivity index (χ0n) is 8.83. The molecule has 1 heterocycles. The van der Waals surface area contributed by atoms with E-state index in [1.165, 1.54) is 0 Å². The summed E-state index contributed by atoms with van der Waals surface area (Å²) >= 11 is 0. The van der Waals surface area contributed by atoms with Crippen molar-refractivity contribution in [1.82, 2.24) is 15.0 Å². The lowest BCUT2D eigenvalue weighted by molar-refractivity contribution is 0.0507. The van der Waals surface area contributed by atoms with E-state index in [0.29, 0.717) is 16.1 Å². The lowest BCUT2D eigenvalue weighted by Crippen LogP contribution is -2.08.